The largest absolute Gasteiger partial charge is 0.0651 e. The Hall–Kier alpha value is 0. The summed E-state index contributed by atoms with van der Waals surface area (Å²) in [5.41, 5.74) is 0. The lowest BCUT2D eigenvalue weighted by atomic mass is 9.59. The van der Waals surface area contributed by atoms with Crippen molar-refractivity contribution >= 4 is 0 Å². The maximum absolute atomic E-state index is 2.43. The van der Waals surface area contributed by atoms with Crippen LogP contribution in [0.25, 0.3) is 0 Å². The molecule has 2 aliphatic rings. The van der Waals surface area contributed by atoms with Gasteiger partial charge >= 0.3 is 0 Å². The summed E-state index contributed by atoms with van der Waals surface area (Å²) in [5.74, 6) is 4.41. The van der Waals surface area contributed by atoms with Crippen LogP contribution in [0.4, 0.5) is 0 Å². The molecule has 1 atom stereocenters. The predicted octanol–water partition coefficient (Wildman–Crippen LogP) is 3.86. The van der Waals surface area contributed by atoms with Crippen molar-refractivity contribution in [1.82, 2.24) is 0 Å². The van der Waals surface area contributed by atoms with Crippen LogP contribution in [0, 0.1) is 23.7 Å². The molecule has 0 N–H and O–H groups in total. The summed E-state index contributed by atoms with van der Waals surface area (Å²) >= 11 is 0. The Labute approximate surface area is 76.7 Å². The second-order valence-corrected chi connectivity index (χ2v) is 5.07. The highest BCUT2D eigenvalue weighted by atomic mass is 14.4. The second kappa shape index (κ2) is 3.40. The van der Waals surface area contributed by atoms with Crippen molar-refractivity contribution in [3.63, 3.8) is 0 Å². The molecule has 12 heavy (non-hydrogen) atoms. The third-order valence-corrected chi connectivity index (χ3v) is 4.48. The topological polar surface area (TPSA) is 0 Å². The monoisotopic (exact) mass is 166 g/mol. The third-order valence-electron chi connectivity index (χ3n) is 4.48. The normalized spacial score (nSPS) is 38.5. The van der Waals surface area contributed by atoms with Crippen LogP contribution in [0.1, 0.15) is 52.4 Å². The highest BCUT2D eigenvalue weighted by molar-refractivity contribution is 4.89. The zero-order valence-corrected chi connectivity index (χ0v) is 8.55. The minimum atomic E-state index is 1.00. The van der Waals surface area contributed by atoms with Gasteiger partial charge in [0.15, 0.2) is 0 Å². The molecule has 0 bridgehead atoms. The Morgan fingerprint density at radius 2 is 1.83 bits per heavy atom. The lowest BCUT2D eigenvalue weighted by molar-refractivity contribution is 0.0442. The molecule has 0 saturated heterocycles. The molecular formula is C12H22. The fraction of sp³-hybridized carbons (Fsp3) is 1.00. The van der Waals surface area contributed by atoms with E-state index in [1.54, 1.807) is 25.7 Å². The predicted molar refractivity (Wildman–Crippen MR) is 53.0 cm³/mol. The fourth-order valence-corrected chi connectivity index (χ4v) is 2.80. The number of rotatable bonds is 3. The molecule has 2 aliphatic carbocycles. The Kier molecular flexibility index (Phi) is 2.43. The van der Waals surface area contributed by atoms with Gasteiger partial charge in [0.1, 0.15) is 0 Å². The molecule has 0 amide bonds. The molecule has 0 heterocycles. The van der Waals surface area contributed by atoms with E-state index in [1.165, 1.54) is 12.8 Å². The Morgan fingerprint density at radius 3 is 2.25 bits per heavy atom. The van der Waals surface area contributed by atoms with E-state index in [0.29, 0.717) is 0 Å². The Morgan fingerprint density at radius 1 is 1.17 bits per heavy atom. The van der Waals surface area contributed by atoms with Crippen molar-refractivity contribution in [1.29, 1.82) is 0 Å². The summed E-state index contributed by atoms with van der Waals surface area (Å²) in [6.45, 7) is 4.77. The zero-order chi connectivity index (χ0) is 8.55. The summed E-state index contributed by atoms with van der Waals surface area (Å²) in [7, 11) is 0. The van der Waals surface area contributed by atoms with Gasteiger partial charge in [0.25, 0.3) is 0 Å². The molecule has 70 valence electrons. The first-order valence-corrected chi connectivity index (χ1v) is 5.81. The molecule has 1 unspecified atom stereocenters. The van der Waals surface area contributed by atoms with Crippen molar-refractivity contribution in [3.05, 3.63) is 0 Å². The molecule has 0 aromatic carbocycles. The average molecular weight is 166 g/mol. The van der Waals surface area contributed by atoms with Crippen LogP contribution in [0.5, 0.6) is 0 Å². The molecule has 2 rings (SSSR count). The molecule has 2 fully saturated rings. The van der Waals surface area contributed by atoms with Crippen LogP contribution >= 0.6 is 0 Å². The van der Waals surface area contributed by atoms with Crippen LogP contribution in [0.3, 0.4) is 0 Å². The second-order valence-electron chi connectivity index (χ2n) is 5.07. The highest BCUT2D eigenvalue weighted by Crippen LogP contribution is 2.49. The minimum absolute atomic E-state index is 1.00. The fourth-order valence-electron chi connectivity index (χ4n) is 2.80. The van der Waals surface area contributed by atoms with Gasteiger partial charge in [-0.2, -0.15) is 0 Å². The number of hydrogen-bond donors (Lipinski definition) is 0. The number of hydrogen-bond acceptors (Lipinski definition) is 0. The van der Waals surface area contributed by atoms with E-state index in [-0.39, 0.29) is 0 Å². The van der Waals surface area contributed by atoms with E-state index in [1.807, 2.05) is 0 Å². The van der Waals surface area contributed by atoms with E-state index >= 15 is 0 Å². The molecule has 0 aromatic rings. The summed E-state index contributed by atoms with van der Waals surface area (Å²) in [6.07, 6.45) is 9.16. The van der Waals surface area contributed by atoms with E-state index in [2.05, 4.69) is 13.8 Å². The lowest BCUT2D eigenvalue weighted by Crippen LogP contribution is -2.36. The van der Waals surface area contributed by atoms with Crippen LogP contribution in [0.15, 0.2) is 0 Å². The van der Waals surface area contributed by atoms with Crippen molar-refractivity contribution in [2.45, 2.75) is 52.4 Å². The molecule has 0 heteroatoms. The van der Waals surface area contributed by atoms with Gasteiger partial charge in [0.2, 0.25) is 0 Å². The molecule has 0 nitrogen and oxygen atoms in total. The standard InChI is InChI=1S/C12H22/c1-3-9(2)11-7-12(8-11)10-5-4-6-10/h9-12H,3-8H2,1-2H3. The minimum Gasteiger partial charge on any atom is -0.0651 e. The van der Waals surface area contributed by atoms with Crippen molar-refractivity contribution in [2.24, 2.45) is 23.7 Å². The smallest absolute Gasteiger partial charge is 0.0380 e. The molecule has 0 radical (unpaired) electrons. The van der Waals surface area contributed by atoms with E-state index < -0.39 is 0 Å². The Bertz CT molecular complexity index is 131. The highest BCUT2D eigenvalue weighted by Gasteiger charge is 2.38. The van der Waals surface area contributed by atoms with Crippen LogP contribution in [-0.4, -0.2) is 0 Å². The van der Waals surface area contributed by atoms with E-state index in [0.717, 1.165) is 23.7 Å². The van der Waals surface area contributed by atoms with Gasteiger partial charge in [0.05, 0.1) is 0 Å². The SMILES string of the molecule is CCC(C)C1CC(C2CCC2)C1. The van der Waals surface area contributed by atoms with Crippen molar-refractivity contribution in [3.8, 4) is 0 Å². The molecule has 2 saturated carbocycles. The first-order valence-electron chi connectivity index (χ1n) is 5.81. The molecule has 0 aliphatic heterocycles. The summed E-state index contributed by atoms with van der Waals surface area (Å²) < 4.78 is 0. The zero-order valence-electron chi connectivity index (χ0n) is 8.55. The third kappa shape index (κ3) is 1.41. The maximum Gasteiger partial charge on any atom is -0.0380 e. The van der Waals surface area contributed by atoms with Crippen molar-refractivity contribution in [2.75, 3.05) is 0 Å². The molecular weight excluding hydrogens is 144 g/mol. The maximum atomic E-state index is 2.43. The van der Waals surface area contributed by atoms with Gasteiger partial charge < -0.3 is 0 Å². The lowest BCUT2D eigenvalue weighted by Gasteiger charge is -2.46. The molecule has 0 spiro atoms. The average Bonchev–Trinajstić information content (AvgIpc) is 1.90. The van der Waals surface area contributed by atoms with Crippen LogP contribution < -0.4 is 0 Å². The van der Waals surface area contributed by atoms with E-state index in [9.17, 15) is 0 Å². The summed E-state index contributed by atoms with van der Waals surface area (Å²) in [5, 5.41) is 0. The van der Waals surface area contributed by atoms with Crippen molar-refractivity contribution < 1.29 is 0 Å². The Balaban J connectivity index is 1.68. The van der Waals surface area contributed by atoms with Crippen LogP contribution in [-0.2, 0) is 0 Å². The first-order chi connectivity index (χ1) is 5.81. The van der Waals surface area contributed by atoms with E-state index in [4.69, 9.17) is 0 Å². The first kappa shape index (κ1) is 8.59. The van der Waals surface area contributed by atoms with Gasteiger partial charge in [-0.15, -0.1) is 0 Å². The molecule has 0 aromatic heterocycles. The van der Waals surface area contributed by atoms with Gasteiger partial charge in [0, 0.05) is 0 Å². The van der Waals surface area contributed by atoms with Gasteiger partial charge in [-0.1, -0.05) is 39.5 Å². The van der Waals surface area contributed by atoms with Gasteiger partial charge in [-0.25, -0.2) is 0 Å². The van der Waals surface area contributed by atoms with Gasteiger partial charge in [-0.3, -0.25) is 0 Å². The van der Waals surface area contributed by atoms with Gasteiger partial charge in [-0.05, 0) is 36.5 Å². The van der Waals surface area contributed by atoms with Crippen LogP contribution in [0.2, 0.25) is 0 Å². The quantitative estimate of drug-likeness (QED) is 0.597. The summed E-state index contributed by atoms with van der Waals surface area (Å²) in [6, 6.07) is 0. The summed E-state index contributed by atoms with van der Waals surface area (Å²) in [4.78, 5) is 0.